The van der Waals surface area contributed by atoms with E-state index >= 15 is 0 Å². The van der Waals surface area contributed by atoms with Crippen LogP contribution in [0.5, 0.6) is 0 Å². The predicted octanol–water partition coefficient (Wildman–Crippen LogP) is 4.07. The number of nitrogens with zero attached hydrogens (tertiary/aromatic N) is 3. The number of nitrogens with one attached hydrogen (secondary N) is 1. The van der Waals surface area contributed by atoms with Gasteiger partial charge in [0.25, 0.3) is 5.91 Å². The fourth-order valence-corrected chi connectivity index (χ4v) is 5.11. The number of aromatic nitrogens is 1. The minimum atomic E-state index is -3.26. The Morgan fingerprint density at radius 1 is 1.13 bits per heavy atom. The minimum absolute atomic E-state index is 0.141. The Bertz CT molecular complexity index is 1280. The molecule has 7 nitrogen and oxygen atoms in total. The molecule has 0 spiro atoms. The molecule has 1 aliphatic rings. The Morgan fingerprint density at radius 3 is 2.52 bits per heavy atom. The second-order valence-corrected chi connectivity index (χ2v) is 9.40. The molecule has 4 rings (SSSR count). The normalized spacial score (nSPS) is 14.8. The van der Waals surface area contributed by atoms with Gasteiger partial charge in [-0.2, -0.15) is 5.26 Å². The summed E-state index contributed by atoms with van der Waals surface area (Å²) in [5.41, 5.74) is 3.12. The molecule has 0 saturated carbocycles. The molecular weight excluding hydrogens is 436 g/mol. The first-order valence-corrected chi connectivity index (χ1v) is 11.4. The average Bonchev–Trinajstić information content (AvgIpc) is 3.14. The van der Waals surface area contributed by atoms with Gasteiger partial charge in [-0.05, 0) is 61.0 Å². The van der Waals surface area contributed by atoms with Crippen LogP contribution >= 0.6 is 11.6 Å². The van der Waals surface area contributed by atoms with Crippen molar-refractivity contribution in [2.24, 2.45) is 0 Å². The third-order valence-electron chi connectivity index (χ3n) is 4.91. The zero-order chi connectivity index (χ0) is 22.0. The van der Waals surface area contributed by atoms with Crippen LogP contribution in [-0.4, -0.2) is 31.6 Å². The van der Waals surface area contributed by atoms with E-state index in [4.69, 9.17) is 16.9 Å². The third kappa shape index (κ3) is 4.38. The van der Waals surface area contributed by atoms with Gasteiger partial charge in [0.1, 0.15) is 6.07 Å². The lowest BCUT2D eigenvalue weighted by atomic mass is 10.1. The number of benzene rings is 2. The van der Waals surface area contributed by atoms with Gasteiger partial charge in [-0.1, -0.05) is 11.6 Å². The van der Waals surface area contributed by atoms with Crippen LogP contribution < -0.4 is 9.62 Å². The number of anilines is 2. The van der Waals surface area contributed by atoms with Crippen LogP contribution in [0.4, 0.5) is 11.4 Å². The van der Waals surface area contributed by atoms with Crippen LogP contribution in [0.15, 0.2) is 60.8 Å². The molecule has 0 radical (unpaired) electrons. The summed E-state index contributed by atoms with van der Waals surface area (Å²) < 4.78 is 25.5. The molecule has 2 aromatic carbocycles. The molecule has 1 amide bonds. The largest absolute Gasteiger partial charge is 0.322 e. The molecule has 2 heterocycles. The van der Waals surface area contributed by atoms with Crippen LogP contribution in [0.25, 0.3) is 11.3 Å². The van der Waals surface area contributed by atoms with Crippen molar-refractivity contribution in [2.45, 2.75) is 6.42 Å². The van der Waals surface area contributed by atoms with Crippen LogP contribution in [0.1, 0.15) is 22.3 Å². The van der Waals surface area contributed by atoms with Crippen LogP contribution in [0.2, 0.25) is 5.02 Å². The topological polar surface area (TPSA) is 103 Å². The summed E-state index contributed by atoms with van der Waals surface area (Å²) >= 11 is 6.29. The number of carbonyl (C=O) groups is 1. The molecule has 1 aliphatic heterocycles. The first-order chi connectivity index (χ1) is 14.9. The van der Waals surface area contributed by atoms with E-state index in [1.807, 2.05) is 6.07 Å². The standard InChI is InChI=1S/C22H17ClN4O3S/c23-20-8-5-17(12-19(20)21-9-2-15(13-24)14-25-21)26-22(28)16-3-6-18(7-4-16)27-10-1-11-31(27,29)30/h2-9,12,14H,1,10-11H2,(H,26,28). The molecular formula is C22H17ClN4O3S. The average molecular weight is 453 g/mol. The van der Waals surface area contributed by atoms with Crippen molar-refractivity contribution in [1.29, 1.82) is 5.26 Å². The molecule has 1 aromatic heterocycles. The fourth-order valence-electron chi connectivity index (χ4n) is 3.33. The quantitative estimate of drug-likeness (QED) is 0.642. The maximum atomic E-state index is 12.7. The first kappa shape index (κ1) is 20.8. The number of amides is 1. The number of hydrogen-bond donors (Lipinski definition) is 1. The zero-order valence-electron chi connectivity index (χ0n) is 16.2. The second kappa shape index (κ2) is 8.38. The SMILES string of the molecule is N#Cc1ccc(-c2cc(NC(=O)c3ccc(N4CCCS4(=O)=O)cc3)ccc2Cl)nc1. The van der Waals surface area contributed by atoms with E-state index in [1.54, 1.807) is 54.6 Å². The maximum Gasteiger partial charge on any atom is 0.255 e. The second-order valence-electron chi connectivity index (χ2n) is 6.98. The molecule has 0 bridgehead atoms. The van der Waals surface area contributed by atoms with Crippen molar-refractivity contribution in [2.75, 3.05) is 21.9 Å². The monoisotopic (exact) mass is 452 g/mol. The van der Waals surface area contributed by atoms with E-state index in [9.17, 15) is 13.2 Å². The number of halogens is 1. The highest BCUT2D eigenvalue weighted by atomic mass is 35.5. The lowest BCUT2D eigenvalue weighted by molar-refractivity contribution is 0.102. The van der Waals surface area contributed by atoms with Crippen molar-refractivity contribution in [3.8, 4) is 17.3 Å². The van der Waals surface area contributed by atoms with E-state index < -0.39 is 10.0 Å². The number of nitriles is 1. The molecule has 31 heavy (non-hydrogen) atoms. The summed E-state index contributed by atoms with van der Waals surface area (Å²) in [4.78, 5) is 16.9. The lowest BCUT2D eigenvalue weighted by Gasteiger charge is -2.17. The predicted molar refractivity (Wildman–Crippen MR) is 120 cm³/mol. The van der Waals surface area contributed by atoms with Crippen LogP contribution in [0, 0.1) is 11.3 Å². The van der Waals surface area contributed by atoms with Gasteiger partial charge < -0.3 is 5.32 Å². The fraction of sp³-hybridized carbons (Fsp3) is 0.136. The molecule has 0 unspecified atom stereocenters. The van der Waals surface area contributed by atoms with Crippen molar-refractivity contribution in [3.05, 3.63) is 76.9 Å². The molecule has 1 N–H and O–H groups in total. The van der Waals surface area contributed by atoms with Gasteiger partial charge in [-0.3, -0.25) is 14.1 Å². The van der Waals surface area contributed by atoms with E-state index in [-0.39, 0.29) is 11.7 Å². The van der Waals surface area contributed by atoms with Crippen molar-refractivity contribution in [3.63, 3.8) is 0 Å². The van der Waals surface area contributed by atoms with E-state index in [0.29, 0.717) is 51.7 Å². The molecule has 1 saturated heterocycles. The highest BCUT2D eigenvalue weighted by Gasteiger charge is 2.28. The summed E-state index contributed by atoms with van der Waals surface area (Å²) in [7, 11) is -3.26. The van der Waals surface area contributed by atoms with Gasteiger partial charge in [0.2, 0.25) is 10.0 Å². The number of rotatable bonds is 4. The molecule has 156 valence electrons. The Balaban J connectivity index is 1.53. The zero-order valence-corrected chi connectivity index (χ0v) is 17.8. The first-order valence-electron chi connectivity index (χ1n) is 9.45. The van der Waals surface area contributed by atoms with Crippen LogP contribution in [0.3, 0.4) is 0 Å². The Morgan fingerprint density at radius 2 is 1.90 bits per heavy atom. The van der Waals surface area contributed by atoms with E-state index in [2.05, 4.69) is 10.3 Å². The molecule has 9 heteroatoms. The summed E-state index contributed by atoms with van der Waals surface area (Å²) in [6.07, 6.45) is 2.05. The van der Waals surface area contributed by atoms with Gasteiger partial charge in [-0.15, -0.1) is 0 Å². The maximum absolute atomic E-state index is 12.7. The molecule has 0 aliphatic carbocycles. The third-order valence-corrected chi connectivity index (χ3v) is 7.11. The Labute approximate surface area is 185 Å². The summed E-state index contributed by atoms with van der Waals surface area (Å²) in [6, 6.07) is 16.8. The smallest absolute Gasteiger partial charge is 0.255 e. The Hall–Kier alpha value is -3.41. The van der Waals surface area contributed by atoms with Gasteiger partial charge in [0.15, 0.2) is 0 Å². The number of pyridine rings is 1. The van der Waals surface area contributed by atoms with E-state index in [1.165, 1.54) is 10.5 Å². The van der Waals surface area contributed by atoms with Crippen molar-refractivity contribution in [1.82, 2.24) is 4.98 Å². The summed E-state index contributed by atoms with van der Waals surface area (Å²) in [6.45, 7) is 0.449. The number of hydrogen-bond acceptors (Lipinski definition) is 5. The minimum Gasteiger partial charge on any atom is -0.322 e. The van der Waals surface area contributed by atoms with Crippen molar-refractivity contribution < 1.29 is 13.2 Å². The molecule has 0 atom stereocenters. The van der Waals surface area contributed by atoms with Crippen LogP contribution in [-0.2, 0) is 10.0 Å². The highest BCUT2D eigenvalue weighted by molar-refractivity contribution is 7.93. The number of sulfonamides is 1. The summed E-state index contributed by atoms with van der Waals surface area (Å²) in [5, 5.41) is 12.2. The highest BCUT2D eigenvalue weighted by Crippen LogP contribution is 2.30. The van der Waals surface area contributed by atoms with Gasteiger partial charge in [-0.25, -0.2) is 8.42 Å². The van der Waals surface area contributed by atoms with Gasteiger partial charge in [0, 0.05) is 29.6 Å². The lowest BCUT2D eigenvalue weighted by Crippen LogP contribution is -2.25. The number of carbonyl (C=O) groups excluding carboxylic acids is 1. The van der Waals surface area contributed by atoms with Gasteiger partial charge in [0.05, 0.1) is 27.7 Å². The molecule has 3 aromatic rings. The van der Waals surface area contributed by atoms with Crippen molar-refractivity contribution >= 4 is 38.9 Å². The molecule has 1 fully saturated rings. The van der Waals surface area contributed by atoms with Gasteiger partial charge >= 0.3 is 0 Å². The van der Waals surface area contributed by atoms with E-state index in [0.717, 1.165) is 0 Å². The Kier molecular flexibility index (Phi) is 5.63. The summed E-state index contributed by atoms with van der Waals surface area (Å²) in [5.74, 6) is -0.195.